The van der Waals surface area contributed by atoms with E-state index in [1.807, 2.05) is 13.8 Å². The zero-order valence-corrected chi connectivity index (χ0v) is 15.6. The fourth-order valence-electron chi connectivity index (χ4n) is 6.12. The molecule has 136 valence electrons. The average molecular weight is 335 g/mol. The summed E-state index contributed by atoms with van der Waals surface area (Å²) in [7, 11) is 0. The Bertz CT molecular complexity index is 447. The van der Waals surface area contributed by atoms with E-state index in [1.54, 1.807) is 4.90 Å². The van der Waals surface area contributed by atoms with Crippen LogP contribution in [0, 0.1) is 23.2 Å². The number of hydrogen-bond acceptors (Lipinski definition) is 2. The monoisotopic (exact) mass is 334 g/mol. The molecule has 4 fully saturated rings. The van der Waals surface area contributed by atoms with E-state index in [9.17, 15) is 9.59 Å². The molecule has 0 aliphatic heterocycles. The van der Waals surface area contributed by atoms with Gasteiger partial charge in [0.2, 0.25) is 0 Å². The lowest BCUT2D eigenvalue weighted by Gasteiger charge is -2.59. The summed E-state index contributed by atoms with van der Waals surface area (Å²) in [6.07, 6.45) is 9.75. The van der Waals surface area contributed by atoms with Gasteiger partial charge in [-0.2, -0.15) is 0 Å². The van der Waals surface area contributed by atoms with Crippen LogP contribution in [0.15, 0.2) is 0 Å². The second-order valence-electron chi connectivity index (χ2n) is 8.77. The van der Waals surface area contributed by atoms with Crippen molar-refractivity contribution < 1.29 is 9.59 Å². The minimum atomic E-state index is -0.389. The average Bonchev–Trinajstić information content (AvgIpc) is 2.52. The van der Waals surface area contributed by atoms with Crippen LogP contribution in [0.4, 0.5) is 0 Å². The summed E-state index contributed by atoms with van der Waals surface area (Å²) in [5, 5.41) is 3.10. The zero-order valence-electron chi connectivity index (χ0n) is 15.6. The SMILES string of the molecule is CCCN(CCC)C(=O)C(=O)NC(C)C12CC3CC(CC(C3)C1)C2. The van der Waals surface area contributed by atoms with Crippen LogP contribution >= 0.6 is 0 Å². The molecule has 4 nitrogen and oxygen atoms in total. The standard InChI is InChI=1S/C20H34N2O2/c1-4-6-22(7-5-2)19(24)18(23)21-14(3)20-11-15-8-16(12-20)10-17(9-15)13-20/h14-17H,4-13H2,1-3H3,(H,21,23). The van der Waals surface area contributed by atoms with Crippen molar-refractivity contribution in [1.29, 1.82) is 0 Å². The van der Waals surface area contributed by atoms with E-state index >= 15 is 0 Å². The minimum absolute atomic E-state index is 0.118. The van der Waals surface area contributed by atoms with Crippen molar-refractivity contribution in [3.05, 3.63) is 0 Å². The molecule has 0 heterocycles. The molecule has 0 radical (unpaired) electrons. The summed E-state index contributed by atoms with van der Waals surface area (Å²) in [5.41, 5.74) is 0.255. The first-order valence-electron chi connectivity index (χ1n) is 10.1. The fourth-order valence-corrected chi connectivity index (χ4v) is 6.12. The largest absolute Gasteiger partial charge is 0.345 e. The van der Waals surface area contributed by atoms with E-state index in [4.69, 9.17) is 0 Å². The number of hydrogen-bond donors (Lipinski definition) is 1. The van der Waals surface area contributed by atoms with Crippen molar-refractivity contribution in [2.75, 3.05) is 13.1 Å². The molecule has 0 spiro atoms. The first-order chi connectivity index (χ1) is 11.5. The first kappa shape index (κ1) is 17.8. The minimum Gasteiger partial charge on any atom is -0.345 e. The van der Waals surface area contributed by atoms with Gasteiger partial charge in [0.25, 0.3) is 0 Å². The van der Waals surface area contributed by atoms with Gasteiger partial charge < -0.3 is 10.2 Å². The van der Waals surface area contributed by atoms with Gasteiger partial charge >= 0.3 is 11.8 Å². The molecule has 0 aromatic carbocycles. The summed E-state index contributed by atoms with van der Waals surface area (Å²) >= 11 is 0. The van der Waals surface area contributed by atoms with Crippen molar-refractivity contribution in [1.82, 2.24) is 10.2 Å². The van der Waals surface area contributed by atoms with Gasteiger partial charge in [0, 0.05) is 19.1 Å². The van der Waals surface area contributed by atoms with E-state index in [1.165, 1.54) is 38.5 Å². The lowest BCUT2D eigenvalue weighted by molar-refractivity contribution is -0.147. The molecule has 0 aromatic heterocycles. The predicted molar refractivity (Wildman–Crippen MR) is 95.4 cm³/mol. The maximum atomic E-state index is 12.5. The highest BCUT2D eigenvalue weighted by Crippen LogP contribution is 2.61. The first-order valence-corrected chi connectivity index (χ1v) is 10.1. The second kappa shape index (κ2) is 7.05. The molecule has 4 aliphatic carbocycles. The zero-order chi connectivity index (χ0) is 17.3. The highest BCUT2D eigenvalue weighted by molar-refractivity contribution is 6.35. The lowest BCUT2D eigenvalue weighted by atomic mass is 9.48. The maximum absolute atomic E-state index is 12.5. The van der Waals surface area contributed by atoms with Crippen LogP contribution in [0.3, 0.4) is 0 Å². The number of nitrogens with one attached hydrogen (secondary N) is 1. The molecule has 2 amide bonds. The lowest BCUT2D eigenvalue weighted by Crippen LogP contribution is -2.57. The van der Waals surface area contributed by atoms with E-state index in [2.05, 4.69) is 12.2 Å². The summed E-state index contributed by atoms with van der Waals surface area (Å²) in [6.45, 7) is 7.58. The third-order valence-corrected chi connectivity index (χ3v) is 6.82. The van der Waals surface area contributed by atoms with Crippen LogP contribution in [0.25, 0.3) is 0 Å². The summed E-state index contributed by atoms with van der Waals surface area (Å²) < 4.78 is 0. The fraction of sp³-hybridized carbons (Fsp3) is 0.900. The molecule has 1 unspecified atom stereocenters. The Labute approximate surface area is 146 Å². The second-order valence-corrected chi connectivity index (χ2v) is 8.77. The molecular weight excluding hydrogens is 300 g/mol. The highest BCUT2D eigenvalue weighted by atomic mass is 16.2. The van der Waals surface area contributed by atoms with E-state index < -0.39 is 0 Å². The van der Waals surface area contributed by atoms with Gasteiger partial charge in [0.05, 0.1) is 0 Å². The van der Waals surface area contributed by atoms with Crippen molar-refractivity contribution in [3.63, 3.8) is 0 Å². The molecule has 0 saturated heterocycles. The third kappa shape index (κ3) is 3.34. The van der Waals surface area contributed by atoms with Crippen molar-refractivity contribution in [2.45, 2.75) is 78.2 Å². The topological polar surface area (TPSA) is 49.4 Å². The Morgan fingerprint density at radius 3 is 1.88 bits per heavy atom. The third-order valence-electron chi connectivity index (χ3n) is 6.82. The molecule has 24 heavy (non-hydrogen) atoms. The smallest absolute Gasteiger partial charge is 0.311 e. The van der Waals surface area contributed by atoms with Crippen molar-refractivity contribution in [2.24, 2.45) is 23.2 Å². The van der Waals surface area contributed by atoms with Gasteiger partial charge in [-0.15, -0.1) is 0 Å². The van der Waals surface area contributed by atoms with Crippen molar-refractivity contribution in [3.8, 4) is 0 Å². The van der Waals surface area contributed by atoms with Crippen LogP contribution in [-0.4, -0.2) is 35.8 Å². The van der Waals surface area contributed by atoms with E-state index in [-0.39, 0.29) is 23.3 Å². The Morgan fingerprint density at radius 1 is 1.00 bits per heavy atom. The molecule has 4 saturated carbocycles. The number of carbonyl (C=O) groups excluding carboxylic acids is 2. The number of rotatable bonds is 6. The summed E-state index contributed by atoms with van der Waals surface area (Å²) in [4.78, 5) is 26.7. The summed E-state index contributed by atoms with van der Waals surface area (Å²) in [6, 6.07) is 0.118. The highest BCUT2D eigenvalue weighted by Gasteiger charge is 2.53. The Hall–Kier alpha value is -1.06. The molecule has 4 bridgehead atoms. The van der Waals surface area contributed by atoms with Gasteiger partial charge in [-0.05, 0) is 81.5 Å². The molecule has 1 atom stereocenters. The molecule has 0 aromatic rings. The van der Waals surface area contributed by atoms with Gasteiger partial charge in [-0.1, -0.05) is 13.8 Å². The molecule has 4 heteroatoms. The van der Waals surface area contributed by atoms with Gasteiger partial charge in [0.15, 0.2) is 0 Å². The number of nitrogens with zero attached hydrogens (tertiary/aromatic N) is 1. The van der Waals surface area contributed by atoms with Crippen LogP contribution in [0.2, 0.25) is 0 Å². The number of carbonyl (C=O) groups is 2. The van der Waals surface area contributed by atoms with Gasteiger partial charge in [-0.3, -0.25) is 9.59 Å². The van der Waals surface area contributed by atoms with Crippen LogP contribution in [0.5, 0.6) is 0 Å². The van der Waals surface area contributed by atoms with Crippen LogP contribution < -0.4 is 5.32 Å². The quantitative estimate of drug-likeness (QED) is 0.757. The molecule has 1 N–H and O–H groups in total. The Kier molecular flexibility index (Phi) is 5.22. The van der Waals surface area contributed by atoms with E-state index in [0.717, 1.165) is 30.6 Å². The molecule has 4 rings (SSSR count). The van der Waals surface area contributed by atoms with Crippen LogP contribution in [0.1, 0.15) is 72.1 Å². The van der Waals surface area contributed by atoms with Crippen molar-refractivity contribution >= 4 is 11.8 Å². The number of amides is 2. The Morgan fingerprint density at radius 2 is 1.46 bits per heavy atom. The normalized spacial score (nSPS) is 34.9. The maximum Gasteiger partial charge on any atom is 0.311 e. The Balaban J connectivity index is 1.62. The molecule has 4 aliphatic rings. The summed E-state index contributed by atoms with van der Waals surface area (Å²) in [5.74, 6) is 1.87. The van der Waals surface area contributed by atoms with Crippen LogP contribution in [-0.2, 0) is 9.59 Å². The van der Waals surface area contributed by atoms with E-state index in [0.29, 0.717) is 13.1 Å². The van der Waals surface area contributed by atoms with Gasteiger partial charge in [-0.25, -0.2) is 0 Å². The predicted octanol–water partition coefficient (Wildman–Crippen LogP) is 3.36. The molecular formula is C20H34N2O2. The van der Waals surface area contributed by atoms with Gasteiger partial charge in [0.1, 0.15) is 0 Å².